The largest absolute Gasteiger partial charge is 0.356 e. The monoisotopic (exact) mass is 243 g/mol. The summed E-state index contributed by atoms with van der Waals surface area (Å²) in [6.45, 7) is 0. The third-order valence-electron chi connectivity index (χ3n) is 1.85. The number of halogens is 1. The molecule has 0 aliphatic carbocycles. The normalized spacial score (nSPS) is 11.5. The van der Waals surface area contributed by atoms with Crippen LogP contribution in [0.15, 0.2) is 45.9 Å². The Balaban J connectivity index is 2.68. The Labute approximate surface area is 90.9 Å². The predicted octanol–water partition coefficient (Wildman–Crippen LogP) is 2.27. The van der Waals surface area contributed by atoms with Crippen LogP contribution in [0.25, 0.3) is 11.3 Å². The van der Waals surface area contributed by atoms with Gasteiger partial charge in [-0.1, -0.05) is 17.3 Å². The highest BCUT2D eigenvalue weighted by atomic mass is 35.7. The minimum Gasteiger partial charge on any atom is -0.356 e. The summed E-state index contributed by atoms with van der Waals surface area (Å²) in [6, 6.07) is 7.88. The van der Waals surface area contributed by atoms with E-state index in [0.29, 0.717) is 11.3 Å². The summed E-state index contributed by atoms with van der Waals surface area (Å²) in [4.78, 5) is 0.0171. The van der Waals surface area contributed by atoms with Crippen molar-refractivity contribution in [3.63, 3.8) is 0 Å². The molecule has 0 aliphatic heterocycles. The van der Waals surface area contributed by atoms with Crippen molar-refractivity contribution in [2.45, 2.75) is 4.90 Å². The van der Waals surface area contributed by atoms with Crippen LogP contribution in [-0.4, -0.2) is 13.6 Å². The van der Waals surface area contributed by atoms with Crippen LogP contribution in [0.5, 0.6) is 0 Å². The van der Waals surface area contributed by atoms with Crippen LogP contribution < -0.4 is 0 Å². The van der Waals surface area contributed by atoms with E-state index < -0.39 is 9.05 Å². The fourth-order valence-corrected chi connectivity index (χ4v) is 2.31. The molecule has 4 nitrogen and oxygen atoms in total. The molecular formula is C9H6ClNO3S. The van der Waals surface area contributed by atoms with Crippen molar-refractivity contribution in [2.75, 3.05) is 0 Å². The van der Waals surface area contributed by atoms with Crippen molar-refractivity contribution in [3.8, 4) is 11.3 Å². The molecule has 0 saturated heterocycles. The van der Waals surface area contributed by atoms with E-state index in [0.717, 1.165) is 0 Å². The molecule has 0 amide bonds. The zero-order valence-electron chi connectivity index (χ0n) is 7.42. The van der Waals surface area contributed by atoms with Crippen LogP contribution in [0.4, 0.5) is 0 Å². The average molecular weight is 244 g/mol. The lowest BCUT2D eigenvalue weighted by Crippen LogP contribution is -1.93. The Kier molecular flexibility index (Phi) is 2.50. The van der Waals surface area contributed by atoms with Crippen molar-refractivity contribution in [1.29, 1.82) is 0 Å². The van der Waals surface area contributed by atoms with Crippen LogP contribution >= 0.6 is 10.7 Å². The quantitative estimate of drug-likeness (QED) is 0.759. The highest BCUT2D eigenvalue weighted by Crippen LogP contribution is 2.28. The molecule has 1 aromatic carbocycles. The summed E-state index contributed by atoms with van der Waals surface area (Å²) in [6.07, 6.45) is 1.44. The summed E-state index contributed by atoms with van der Waals surface area (Å²) < 4.78 is 27.4. The topological polar surface area (TPSA) is 60.2 Å². The van der Waals surface area contributed by atoms with Crippen LogP contribution in [0.2, 0.25) is 0 Å². The van der Waals surface area contributed by atoms with E-state index in [1.54, 1.807) is 24.3 Å². The van der Waals surface area contributed by atoms with Crippen molar-refractivity contribution in [3.05, 3.63) is 36.5 Å². The lowest BCUT2D eigenvalue weighted by molar-refractivity contribution is 0.431. The van der Waals surface area contributed by atoms with Gasteiger partial charge in [-0.25, -0.2) is 8.42 Å². The minimum absolute atomic E-state index is 0.0171. The van der Waals surface area contributed by atoms with Gasteiger partial charge in [0.05, 0.1) is 11.1 Å². The maximum atomic E-state index is 11.3. The Morgan fingerprint density at radius 2 is 1.93 bits per heavy atom. The third-order valence-corrected chi connectivity index (χ3v) is 3.23. The standard InChI is InChI=1S/C9H6ClNO3S/c10-15(12,13)9-4-2-1-3-7(9)8-5-6-11-14-8/h1-6H. The molecule has 15 heavy (non-hydrogen) atoms. The molecule has 1 aromatic heterocycles. The first-order chi connectivity index (χ1) is 7.09. The second-order valence-corrected chi connectivity index (χ2v) is 5.35. The van der Waals surface area contributed by atoms with Gasteiger partial charge >= 0.3 is 0 Å². The molecule has 0 radical (unpaired) electrons. The first-order valence-corrected chi connectivity index (χ1v) is 6.35. The Bertz CT molecular complexity index is 563. The zero-order valence-corrected chi connectivity index (χ0v) is 8.99. The lowest BCUT2D eigenvalue weighted by Gasteiger charge is -2.01. The maximum absolute atomic E-state index is 11.3. The van der Waals surface area contributed by atoms with Gasteiger partial charge in [0.2, 0.25) is 0 Å². The summed E-state index contributed by atoms with van der Waals surface area (Å²) in [5, 5.41) is 3.51. The number of rotatable bonds is 2. The molecule has 0 spiro atoms. The molecule has 2 rings (SSSR count). The van der Waals surface area contributed by atoms with Gasteiger partial charge in [0.1, 0.15) is 0 Å². The minimum atomic E-state index is -3.78. The number of hydrogen-bond acceptors (Lipinski definition) is 4. The van der Waals surface area contributed by atoms with Crippen molar-refractivity contribution in [2.24, 2.45) is 0 Å². The first kappa shape index (κ1) is 10.2. The van der Waals surface area contributed by atoms with Gasteiger partial charge in [-0.15, -0.1) is 0 Å². The van der Waals surface area contributed by atoms with E-state index in [4.69, 9.17) is 15.2 Å². The van der Waals surface area contributed by atoms with Gasteiger partial charge in [0.15, 0.2) is 5.76 Å². The third kappa shape index (κ3) is 2.03. The van der Waals surface area contributed by atoms with Gasteiger partial charge in [-0.2, -0.15) is 0 Å². The molecule has 0 atom stereocenters. The summed E-state index contributed by atoms with van der Waals surface area (Å²) in [5.74, 6) is 0.370. The van der Waals surface area contributed by atoms with Crippen LogP contribution in [-0.2, 0) is 9.05 Å². The second-order valence-electron chi connectivity index (χ2n) is 2.81. The molecule has 0 fully saturated rings. The molecular weight excluding hydrogens is 238 g/mol. The van der Waals surface area contributed by atoms with Gasteiger partial charge < -0.3 is 4.52 Å². The Morgan fingerprint density at radius 3 is 2.53 bits per heavy atom. The number of nitrogens with zero attached hydrogens (tertiary/aromatic N) is 1. The number of benzene rings is 1. The highest BCUT2D eigenvalue weighted by molar-refractivity contribution is 8.13. The predicted molar refractivity (Wildman–Crippen MR) is 55.0 cm³/mol. The van der Waals surface area contributed by atoms with E-state index in [-0.39, 0.29) is 4.90 Å². The van der Waals surface area contributed by atoms with E-state index in [1.807, 2.05) is 0 Å². The lowest BCUT2D eigenvalue weighted by atomic mass is 10.2. The summed E-state index contributed by atoms with van der Waals surface area (Å²) in [5.41, 5.74) is 0.407. The molecule has 78 valence electrons. The molecule has 0 N–H and O–H groups in total. The van der Waals surface area contributed by atoms with Gasteiger partial charge in [0, 0.05) is 22.3 Å². The van der Waals surface area contributed by atoms with Gasteiger partial charge in [-0.05, 0) is 12.1 Å². The molecule has 0 bridgehead atoms. The van der Waals surface area contributed by atoms with Gasteiger partial charge in [0.25, 0.3) is 9.05 Å². The Morgan fingerprint density at radius 1 is 1.20 bits per heavy atom. The highest BCUT2D eigenvalue weighted by Gasteiger charge is 2.17. The SMILES string of the molecule is O=S(=O)(Cl)c1ccccc1-c1ccno1. The van der Waals surface area contributed by atoms with Crippen molar-refractivity contribution >= 4 is 19.7 Å². The molecule has 0 unspecified atom stereocenters. The fraction of sp³-hybridized carbons (Fsp3) is 0. The Hall–Kier alpha value is -1.33. The van der Waals surface area contributed by atoms with E-state index in [1.165, 1.54) is 12.3 Å². The molecule has 2 aromatic rings. The number of aromatic nitrogens is 1. The van der Waals surface area contributed by atoms with Crippen molar-refractivity contribution < 1.29 is 12.9 Å². The van der Waals surface area contributed by atoms with Crippen LogP contribution in [0.3, 0.4) is 0 Å². The number of hydrogen-bond donors (Lipinski definition) is 0. The summed E-state index contributed by atoms with van der Waals surface area (Å²) >= 11 is 0. The zero-order chi connectivity index (χ0) is 10.9. The van der Waals surface area contributed by atoms with E-state index in [2.05, 4.69) is 5.16 Å². The van der Waals surface area contributed by atoms with Crippen molar-refractivity contribution in [1.82, 2.24) is 5.16 Å². The van der Waals surface area contributed by atoms with E-state index in [9.17, 15) is 8.42 Å². The average Bonchev–Trinajstić information content (AvgIpc) is 2.69. The van der Waals surface area contributed by atoms with Crippen LogP contribution in [0.1, 0.15) is 0 Å². The molecule has 6 heteroatoms. The summed E-state index contributed by atoms with van der Waals surface area (Å²) in [7, 11) is 1.52. The van der Waals surface area contributed by atoms with Gasteiger partial charge in [-0.3, -0.25) is 0 Å². The first-order valence-electron chi connectivity index (χ1n) is 4.04. The van der Waals surface area contributed by atoms with Crippen LogP contribution in [0, 0.1) is 0 Å². The smallest absolute Gasteiger partial charge is 0.262 e. The fourth-order valence-electron chi connectivity index (χ4n) is 1.24. The maximum Gasteiger partial charge on any atom is 0.262 e. The molecule has 0 saturated carbocycles. The molecule has 0 aliphatic rings. The second kappa shape index (κ2) is 3.67. The molecule has 1 heterocycles. The van der Waals surface area contributed by atoms with E-state index >= 15 is 0 Å².